The van der Waals surface area contributed by atoms with Gasteiger partial charge in [0.2, 0.25) is 5.13 Å². The van der Waals surface area contributed by atoms with Crippen LogP contribution in [-0.2, 0) is 0 Å². The molecule has 0 radical (unpaired) electrons. The molecule has 0 bridgehead atoms. The first-order valence-corrected chi connectivity index (χ1v) is 8.92. The smallest absolute Gasteiger partial charge is 0.325 e. The minimum Gasteiger partial charge on any atom is -0.494 e. The van der Waals surface area contributed by atoms with Gasteiger partial charge in [-0.1, -0.05) is 47.7 Å². The summed E-state index contributed by atoms with van der Waals surface area (Å²) in [5.74, 6) is 0.762. The Bertz CT molecular complexity index is 876. The summed E-state index contributed by atoms with van der Waals surface area (Å²) in [6, 6.07) is 16.7. The quantitative estimate of drug-likeness (QED) is 0.660. The van der Waals surface area contributed by atoms with E-state index in [1.807, 2.05) is 49.4 Å². The lowest BCUT2D eigenvalue weighted by Crippen LogP contribution is -2.19. The van der Waals surface area contributed by atoms with Crippen molar-refractivity contribution < 1.29 is 9.53 Å². The number of nitrogens with zero attached hydrogens (tertiary/aromatic N) is 2. The first-order valence-electron chi connectivity index (χ1n) is 8.10. The van der Waals surface area contributed by atoms with Gasteiger partial charge in [-0.25, -0.2) is 4.79 Å². The zero-order valence-corrected chi connectivity index (χ0v) is 15.0. The first kappa shape index (κ1) is 17.6. The molecule has 3 rings (SSSR count). The van der Waals surface area contributed by atoms with Gasteiger partial charge in [0.25, 0.3) is 0 Å². The lowest BCUT2D eigenvalue weighted by atomic mass is 10.2. The van der Waals surface area contributed by atoms with E-state index in [0.29, 0.717) is 22.4 Å². The topological polar surface area (TPSA) is 76.1 Å². The van der Waals surface area contributed by atoms with E-state index >= 15 is 0 Å². The largest absolute Gasteiger partial charge is 0.494 e. The Balaban J connectivity index is 1.55. The minimum absolute atomic E-state index is 0.371. The van der Waals surface area contributed by atoms with E-state index < -0.39 is 0 Å². The molecular weight excluding hydrogens is 348 g/mol. The zero-order chi connectivity index (χ0) is 18.2. The summed E-state index contributed by atoms with van der Waals surface area (Å²) in [5.41, 5.74) is 1.74. The van der Waals surface area contributed by atoms with Crippen LogP contribution in [-0.4, -0.2) is 22.8 Å². The van der Waals surface area contributed by atoms with Crippen molar-refractivity contribution in [1.29, 1.82) is 0 Å². The van der Waals surface area contributed by atoms with Crippen LogP contribution in [0.3, 0.4) is 0 Å². The number of aromatic nitrogens is 2. The highest BCUT2D eigenvalue weighted by Gasteiger charge is 2.07. The van der Waals surface area contributed by atoms with E-state index in [4.69, 9.17) is 4.74 Å². The zero-order valence-electron chi connectivity index (χ0n) is 14.2. The molecule has 2 aromatic carbocycles. The molecule has 0 saturated carbocycles. The third kappa shape index (κ3) is 5.15. The number of rotatable bonds is 6. The third-order valence-corrected chi connectivity index (χ3v) is 4.11. The van der Waals surface area contributed by atoms with Crippen LogP contribution in [0.2, 0.25) is 0 Å². The fourth-order valence-corrected chi connectivity index (χ4v) is 2.79. The number of carbonyl (C=O) groups is 1. The van der Waals surface area contributed by atoms with E-state index in [-0.39, 0.29) is 6.03 Å². The van der Waals surface area contributed by atoms with Gasteiger partial charge in [-0.15, -0.1) is 10.2 Å². The summed E-state index contributed by atoms with van der Waals surface area (Å²) >= 11 is 1.30. The monoisotopic (exact) mass is 366 g/mol. The molecule has 0 atom stereocenters. The molecular formula is C19H18N4O2S. The molecule has 0 aliphatic carbocycles. The van der Waals surface area contributed by atoms with Gasteiger partial charge in [0.1, 0.15) is 10.8 Å². The highest BCUT2D eigenvalue weighted by molar-refractivity contribution is 7.16. The van der Waals surface area contributed by atoms with Gasteiger partial charge >= 0.3 is 6.03 Å². The maximum Gasteiger partial charge on any atom is 0.325 e. The standard InChI is InChI=1S/C19H18N4O2S/c1-2-25-16-11-9-15(10-12-16)20-18(24)21-19-23-22-17(26-19)13-8-14-6-4-3-5-7-14/h3-13H,2H2,1H3,(H2,20,21,23,24)/b13-8+. The van der Waals surface area contributed by atoms with E-state index in [2.05, 4.69) is 20.8 Å². The Hall–Kier alpha value is -3.19. The van der Waals surface area contributed by atoms with Gasteiger partial charge in [-0.05, 0) is 42.8 Å². The Morgan fingerprint density at radius 1 is 1.04 bits per heavy atom. The van der Waals surface area contributed by atoms with Crippen LogP contribution in [0.25, 0.3) is 12.2 Å². The highest BCUT2D eigenvalue weighted by Crippen LogP contribution is 2.19. The van der Waals surface area contributed by atoms with Gasteiger partial charge in [0, 0.05) is 5.69 Å². The normalized spacial score (nSPS) is 10.7. The summed E-state index contributed by atoms with van der Waals surface area (Å²) in [5, 5.41) is 14.6. The Kier molecular flexibility index (Phi) is 5.95. The Morgan fingerprint density at radius 3 is 2.54 bits per heavy atom. The summed E-state index contributed by atoms with van der Waals surface area (Å²) < 4.78 is 5.37. The fourth-order valence-electron chi connectivity index (χ4n) is 2.14. The molecule has 7 heteroatoms. The number of amides is 2. The van der Waals surface area contributed by atoms with Crippen LogP contribution < -0.4 is 15.4 Å². The molecule has 2 amide bonds. The first-order chi connectivity index (χ1) is 12.7. The lowest BCUT2D eigenvalue weighted by molar-refractivity contribution is 0.262. The molecule has 0 fully saturated rings. The van der Waals surface area contributed by atoms with Crippen LogP contribution in [0.15, 0.2) is 54.6 Å². The molecule has 2 N–H and O–H groups in total. The van der Waals surface area contributed by atoms with Crippen molar-refractivity contribution >= 4 is 40.3 Å². The highest BCUT2D eigenvalue weighted by atomic mass is 32.1. The van der Waals surface area contributed by atoms with Gasteiger partial charge in [-0.3, -0.25) is 5.32 Å². The third-order valence-electron chi connectivity index (χ3n) is 3.30. The van der Waals surface area contributed by atoms with Crippen molar-refractivity contribution in [1.82, 2.24) is 10.2 Å². The number of ether oxygens (including phenoxy) is 1. The summed E-state index contributed by atoms with van der Waals surface area (Å²) in [6.07, 6.45) is 3.81. The minimum atomic E-state index is -0.371. The van der Waals surface area contributed by atoms with Crippen LogP contribution in [0, 0.1) is 0 Å². The molecule has 0 saturated heterocycles. The van der Waals surface area contributed by atoms with Crippen LogP contribution in [0.5, 0.6) is 5.75 Å². The fraction of sp³-hybridized carbons (Fsp3) is 0.105. The number of benzene rings is 2. The van der Waals surface area contributed by atoms with Crippen LogP contribution in [0.1, 0.15) is 17.5 Å². The summed E-state index contributed by atoms with van der Waals surface area (Å²) in [4.78, 5) is 12.0. The predicted octanol–water partition coefficient (Wildman–Crippen LogP) is 4.75. The van der Waals surface area contributed by atoms with Gasteiger partial charge < -0.3 is 10.1 Å². The molecule has 0 unspecified atom stereocenters. The van der Waals surface area contributed by atoms with Crippen LogP contribution >= 0.6 is 11.3 Å². The average Bonchev–Trinajstić information content (AvgIpc) is 3.10. The van der Waals surface area contributed by atoms with E-state index in [0.717, 1.165) is 11.3 Å². The number of urea groups is 1. The second-order valence-electron chi connectivity index (χ2n) is 5.23. The maximum absolute atomic E-state index is 12.0. The molecule has 0 spiro atoms. The summed E-state index contributed by atoms with van der Waals surface area (Å²) in [7, 11) is 0. The van der Waals surface area contributed by atoms with Crippen molar-refractivity contribution in [2.24, 2.45) is 0 Å². The number of hydrogen-bond donors (Lipinski definition) is 2. The molecule has 26 heavy (non-hydrogen) atoms. The van der Waals surface area contributed by atoms with Crippen molar-refractivity contribution in [2.45, 2.75) is 6.92 Å². The molecule has 1 heterocycles. The Labute approximate surface area is 155 Å². The average molecular weight is 366 g/mol. The lowest BCUT2D eigenvalue weighted by Gasteiger charge is -2.06. The number of carbonyl (C=O) groups excluding carboxylic acids is 1. The molecule has 0 aliphatic heterocycles. The van der Waals surface area contributed by atoms with E-state index in [1.54, 1.807) is 24.3 Å². The predicted molar refractivity (Wildman–Crippen MR) is 106 cm³/mol. The van der Waals surface area contributed by atoms with Gasteiger partial charge in [0.05, 0.1) is 6.61 Å². The Morgan fingerprint density at radius 2 is 1.81 bits per heavy atom. The SMILES string of the molecule is CCOc1ccc(NC(=O)Nc2nnc(/C=C/c3ccccc3)s2)cc1. The van der Waals surface area contributed by atoms with Gasteiger partial charge in [-0.2, -0.15) is 0 Å². The van der Waals surface area contributed by atoms with Gasteiger partial charge in [0.15, 0.2) is 0 Å². The molecule has 132 valence electrons. The van der Waals surface area contributed by atoms with Crippen molar-refractivity contribution in [2.75, 3.05) is 17.2 Å². The van der Waals surface area contributed by atoms with E-state index in [9.17, 15) is 4.79 Å². The maximum atomic E-state index is 12.0. The molecule has 1 aromatic heterocycles. The molecule has 0 aliphatic rings. The number of hydrogen-bond acceptors (Lipinski definition) is 5. The second-order valence-corrected chi connectivity index (χ2v) is 6.24. The number of anilines is 2. The van der Waals surface area contributed by atoms with Crippen molar-refractivity contribution in [3.8, 4) is 5.75 Å². The number of nitrogens with one attached hydrogen (secondary N) is 2. The summed E-state index contributed by atoms with van der Waals surface area (Å²) in [6.45, 7) is 2.52. The van der Waals surface area contributed by atoms with Crippen molar-refractivity contribution in [3.63, 3.8) is 0 Å². The van der Waals surface area contributed by atoms with Crippen molar-refractivity contribution in [3.05, 3.63) is 65.2 Å². The molecule has 3 aromatic rings. The second kappa shape index (κ2) is 8.77. The molecule has 6 nitrogen and oxygen atoms in total. The van der Waals surface area contributed by atoms with E-state index in [1.165, 1.54) is 11.3 Å². The van der Waals surface area contributed by atoms with Crippen LogP contribution in [0.4, 0.5) is 15.6 Å².